The summed E-state index contributed by atoms with van der Waals surface area (Å²) < 4.78 is 13.8. The molecule has 138 valence electrons. The predicted molar refractivity (Wildman–Crippen MR) is 108 cm³/mol. The van der Waals surface area contributed by atoms with Gasteiger partial charge in [-0.2, -0.15) is 5.10 Å². The van der Waals surface area contributed by atoms with Crippen molar-refractivity contribution in [3.63, 3.8) is 0 Å². The highest BCUT2D eigenvalue weighted by atomic mass is 32.2. The summed E-state index contributed by atoms with van der Waals surface area (Å²) in [6.07, 6.45) is 0. The van der Waals surface area contributed by atoms with Gasteiger partial charge in [0.15, 0.2) is 0 Å². The lowest BCUT2D eigenvalue weighted by Gasteiger charge is -2.14. The normalized spacial score (nSPS) is 15.6. The third-order valence-corrected chi connectivity index (χ3v) is 6.23. The van der Waals surface area contributed by atoms with Crippen molar-refractivity contribution in [2.45, 2.75) is 32.3 Å². The summed E-state index contributed by atoms with van der Waals surface area (Å²) in [5, 5.41) is 7.70. The van der Waals surface area contributed by atoms with Gasteiger partial charge in [0.05, 0.1) is 22.9 Å². The lowest BCUT2D eigenvalue weighted by Crippen LogP contribution is -2.17. The van der Waals surface area contributed by atoms with E-state index in [1.54, 1.807) is 4.68 Å². The molecule has 1 amide bonds. The molecule has 2 aromatic carbocycles. The van der Waals surface area contributed by atoms with Gasteiger partial charge in [0.1, 0.15) is 5.82 Å². The molecule has 3 aromatic rings. The SMILES string of the molecule is Cc1ccc(C(=O)Nc2c3c(nn2-c2cccc(C)c2C)CS(=O)C3)cc1. The van der Waals surface area contributed by atoms with E-state index in [2.05, 4.69) is 23.4 Å². The number of carbonyl (C=O) groups excluding carboxylic acids is 1. The van der Waals surface area contributed by atoms with Crippen molar-refractivity contribution in [1.29, 1.82) is 0 Å². The quantitative estimate of drug-likeness (QED) is 0.753. The minimum absolute atomic E-state index is 0.193. The molecule has 0 spiro atoms. The molecule has 1 aliphatic rings. The van der Waals surface area contributed by atoms with Gasteiger partial charge < -0.3 is 5.32 Å². The maximum absolute atomic E-state index is 12.8. The van der Waals surface area contributed by atoms with Gasteiger partial charge in [-0.25, -0.2) is 4.68 Å². The van der Waals surface area contributed by atoms with E-state index in [0.29, 0.717) is 22.9 Å². The zero-order valence-electron chi connectivity index (χ0n) is 15.6. The highest BCUT2D eigenvalue weighted by molar-refractivity contribution is 7.83. The number of nitrogens with one attached hydrogen (secondary N) is 1. The Balaban J connectivity index is 1.79. The number of carbonyl (C=O) groups is 1. The first-order valence-corrected chi connectivity index (χ1v) is 10.3. The number of hydrogen-bond acceptors (Lipinski definition) is 3. The fourth-order valence-corrected chi connectivity index (χ4v) is 4.54. The van der Waals surface area contributed by atoms with Crippen molar-refractivity contribution in [2.24, 2.45) is 0 Å². The molecule has 0 saturated heterocycles. The third kappa shape index (κ3) is 3.21. The molecular weight excluding hydrogens is 358 g/mol. The van der Waals surface area contributed by atoms with Crippen LogP contribution in [0.4, 0.5) is 5.82 Å². The van der Waals surface area contributed by atoms with Crippen LogP contribution in [0, 0.1) is 20.8 Å². The molecule has 1 atom stereocenters. The van der Waals surface area contributed by atoms with Crippen LogP contribution in [0.15, 0.2) is 42.5 Å². The van der Waals surface area contributed by atoms with Crippen molar-refractivity contribution < 1.29 is 9.00 Å². The number of fused-ring (bicyclic) bond motifs is 1. The number of aromatic nitrogens is 2. The Hall–Kier alpha value is -2.73. The number of amides is 1. The largest absolute Gasteiger partial charge is 0.306 e. The second-order valence-electron chi connectivity index (χ2n) is 6.95. The van der Waals surface area contributed by atoms with Gasteiger partial charge in [-0.05, 0) is 50.1 Å². The van der Waals surface area contributed by atoms with Crippen molar-refractivity contribution in [1.82, 2.24) is 9.78 Å². The highest BCUT2D eigenvalue weighted by Gasteiger charge is 2.29. The van der Waals surface area contributed by atoms with Crippen LogP contribution < -0.4 is 5.32 Å². The van der Waals surface area contributed by atoms with E-state index in [1.165, 1.54) is 0 Å². The molecule has 0 fully saturated rings. The first-order chi connectivity index (χ1) is 12.9. The molecule has 0 bridgehead atoms. The van der Waals surface area contributed by atoms with Gasteiger partial charge in [-0.3, -0.25) is 9.00 Å². The second-order valence-corrected chi connectivity index (χ2v) is 8.41. The van der Waals surface area contributed by atoms with Crippen LogP contribution in [0.2, 0.25) is 0 Å². The van der Waals surface area contributed by atoms with Crippen LogP contribution in [0.5, 0.6) is 0 Å². The Kier molecular flexibility index (Phi) is 4.44. The Morgan fingerprint density at radius 1 is 1.07 bits per heavy atom. The van der Waals surface area contributed by atoms with Crippen LogP contribution in [-0.2, 0) is 22.3 Å². The molecule has 0 aliphatic carbocycles. The second kappa shape index (κ2) is 6.78. The fourth-order valence-electron chi connectivity index (χ4n) is 3.28. The molecule has 2 heterocycles. The Morgan fingerprint density at radius 3 is 2.56 bits per heavy atom. The molecule has 6 heteroatoms. The summed E-state index contributed by atoms with van der Waals surface area (Å²) in [5.41, 5.74) is 6.54. The van der Waals surface area contributed by atoms with Gasteiger partial charge in [0.2, 0.25) is 0 Å². The van der Waals surface area contributed by atoms with Crippen LogP contribution >= 0.6 is 0 Å². The summed E-state index contributed by atoms with van der Waals surface area (Å²) >= 11 is 0. The Bertz CT molecular complexity index is 1070. The van der Waals surface area contributed by atoms with E-state index < -0.39 is 10.8 Å². The van der Waals surface area contributed by atoms with Gasteiger partial charge in [-0.15, -0.1) is 0 Å². The number of rotatable bonds is 3. The van der Waals surface area contributed by atoms with Crippen molar-refractivity contribution >= 4 is 22.5 Å². The van der Waals surface area contributed by atoms with Crippen LogP contribution in [0.3, 0.4) is 0 Å². The first-order valence-electron chi connectivity index (χ1n) is 8.84. The van der Waals surface area contributed by atoms with E-state index in [4.69, 9.17) is 0 Å². The predicted octanol–water partition coefficient (Wildman–Crippen LogP) is 3.81. The molecule has 0 radical (unpaired) electrons. The number of hydrogen-bond donors (Lipinski definition) is 1. The molecule has 1 unspecified atom stereocenters. The third-order valence-electron chi connectivity index (χ3n) is 5.02. The van der Waals surface area contributed by atoms with Gasteiger partial charge in [0.25, 0.3) is 5.91 Å². The average Bonchev–Trinajstić information content (AvgIpc) is 3.15. The number of aryl methyl sites for hydroxylation is 2. The van der Waals surface area contributed by atoms with Crippen molar-refractivity contribution in [3.05, 3.63) is 76.0 Å². The van der Waals surface area contributed by atoms with Crippen molar-refractivity contribution in [3.8, 4) is 5.69 Å². The van der Waals surface area contributed by atoms with E-state index >= 15 is 0 Å². The summed E-state index contributed by atoms with van der Waals surface area (Å²) in [6, 6.07) is 13.5. The summed E-state index contributed by atoms with van der Waals surface area (Å²) in [6.45, 7) is 6.08. The molecule has 0 saturated carbocycles. The number of nitrogens with zero attached hydrogens (tertiary/aromatic N) is 2. The Morgan fingerprint density at radius 2 is 1.81 bits per heavy atom. The highest BCUT2D eigenvalue weighted by Crippen LogP contribution is 2.32. The fraction of sp³-hybridized carbons (Fsp3) is 0.238. The lowest BCUT2D eigenvalue weighted by atomic mass is 10.1. The first kappa shape index (κ1) is 17.7. The molecule has 5 nitrogen and oxygen atoms in total. The Labute approximate surface area is 160 Å². The molecular formula is C21H21N3O2S. The van der Waals surface area contributed by atoms with Crippen molar-refractivity contribution in [2.75, 3.05) is 5.32 Å². The standard InChI is InChI=1S/C21H21N3O2S/c1-13-7-9-16(10-8-13)21(25)22-20-17-11-27(26)12-18(17)23-24(20)19-6-4-5-14(2)15(19)3/h4-10H,11-12H2,1-3H3,(H,22,25). The summed E-state index contributed by atoms with van der Waals surface area (Å²) in [4.78, 5) is 12.8. The van der Waals surface area contributed by atoms with E-state index in [1.807, 2.05) is 50.2 Å². The maximum atomic E-state index is 12.8. The van der Waals surface area contributed by atoms with Gasteiger partial charge in [-0.1, -0.05) is 29.8 Å². The van der Waals surface area contributed by atoms with Crippen LogP contribution in [-0.4, -0.2) is 19.9 Å². The topological polar surface area (TPSA) is 64.0 Å². The van der Waals surface area contributed by atoms with Crippen LogP contribution in [0.1, 0.15) is 38.3 Å². The van der Waals surface area contributed by atoms with Gasteiger partial charge in [0, 0.05) is 21.9 Å². The smallest absolute Gasteiger partial charge is 0.256 e. The zero-order chi connectivity index (χ0) is 19.1. The molecule has 1 N–H and O–H groups in total. The lowest BCUT2D eigenvalue weighted by molar-refractivity contribution is 0.102. The minimum atomic E-state index is -0.962. The van der Waals surface area contributed by atoms with E-state index in [0.717, 1.165) is 33.6 Å². The minimum Gasteiger partial charge on any atom is -0.306 e. The summed E-state index contributed by atoms with van der Waals surface area (Å²) in [5.74, 6) is 1.28. The molecule has 27 heavy (non-hydrogen) atoms. The molecule has 4 rings (SSSR count). The zero-order valence-corrected chi connectivity index (χ0v) is 16.4. The number of benzene rings is 2. The average molecular weight is 379 g/mol. The molecule has 1 aliphatic heterocycles. The van der Waals surface area contributed by atoms with E-state index in [9.17, 15) is 9.00 Å². The monoisotopic (exact) mass is 379 g/mol. The van der Waals surface area contributed by atoms with E-state index in [-0.39, 0.29) is 5.91 Å². The molecule has 1 aromatic heterocycles. The van der Waals surface area contributed by atoms with Gasteiger partial charge >= 0.3 is 0 Å². The maximum Gasteiger partial charge on any atom is 0.256 e. The van der Waals surface area contributed by atoms with Crippen LogP contribution in [0.25, 0.3) is 5.69 Å². The summed E-state index contributed by atoms with van der Waals surface area (Å²) in [7, 11) is -0.962. The number of anilines is 1.